The molecular weight excluding hydrogens is 454 g/mol. The van der Waals surface area contributed by atoms with E-state index in [0.717, 1.165) is 36.9 Å². The molecule has 0 atom stereocenters. The van der Waals surface area contributed by atoms with Crippen LogP contribution in [0.15, 0.2) is 36.5 Å². The van der Waals surface area contributed by atoms with Gasteiger partial charge in [0.25, 0.3) is 0 Å². The highest BCUT2D eigenvalue weighted by atomic mass is 16.7. The molecule has 36 heavy (non-hydrogen) atoms. The predicted octanol–water partition coefficient (Wildman–Crippen LogP) is 7.09. The maximum absolute atomic E-state index is 13.5. The largest absolute Gasteiger partial charge is 0.511 e. The molecule has 194 valence electrons. The van der Waals surface area contributed by atoms with Crippen LogP contribution in [-0.4, -0.2) is 33.0 Å². The molecule has 2 fully saturated rings. The summed E-state index contributed by atoms with van der Waals surface area (Å²) in [5.41, 5.74) is 1.89. The van der Waals surface area contributed by atoms with Gasteiger partial charge in [-0.05, 0) is 81.9 Å². The molecule has 0 unspecified atom stereocenters. The van der Waals surface area contributed by atoms with Gasteiger partial charge in [0, 0.05) is 12.0 Å². The summed E-state index contributed by atoms with van der Waals surface area (Å²) in [5.74, 6) is 1.51. The third-order valence-corrected chi connectivity index (χ3v) is 7.58. The van der Waals surface area contributed by atoms with Crippen molar-refractivity contribution in [2.24, 2.45) is 17.8 Å². The summed E-state index contributed by atoms with van der Waals surface area (Å²) in [7, 11) is 0. The molecule has 0 bridgehead atoms. The fraction of sp³-hybridized carbons (Fsp3) is 0.552. The van der Waals surface area contributed by atoms with E-state index in [9.17, 15) is 14.7 Å². The molecule has 1 amide bonds. The third-order valence-electron chi connectivity index (χ3n) is 7.58. The molecule has 2 aromatic rings. The lowest BCUT2D eigenvalue weighted by Gasteiger charge is -2.32. The standard InChI is InChI=1S/C29H39N3O4/c1-20(2)32(28(33)24-15-9-21(3)10-16-24)27-26(36-29(34)35)19-31(30-27)25-17-13-23(14-18-25)12-11-22-7-5-4-6-8-22/h11-14,17-22,24H,4-10,15-16H2,1-3H3,(H,34,35)/b12-11+. The number of amides is 1. The number of anilines is 1. The maximum atomic E-state index is 13.5. The lowest BCUT2D eigenvalue weighted by atomic mass is 9.82. The second-order valence-electron chi connectivity index (χ2n) is 10.7. The first-order chi connectivity index (χ1) is 17.3. The Bertz CT molecular complexity index is 1060. The van der Waals surface area contributed by atoms with Crippen LogP contribution in [0.2, 0.25) is 0 Å². The van der Waals surface area contributed by atoms with Crippen LogP contribution in [-0.2, 0) is 4.79 Å². The van der Waals surface area contributed by atoms with Crippen LogP contribution in [0.3, 0.4) is 0 Å². The van der Waals surface area contributed by atoms with Crippen molar-refractivity contribution in [3.8, 4) is 11.4 Å². The Morgan fingerprint density at radius 3 is 2.33 bits per heavy atom. The summed E-state index contributed by atoms with van der Waals surface area (Å²) in [4.78, 5) is 26.6. The molecule has 0 saturated heterocycles. The number of carboxylic acid groups (broad SMARTS) is 1. The molecule has 1 heterocycles. The summed E-state index contributed by atoms with van der Waals surface area (Å²) < 4.78 is 6.68. The van der Waals surface area contributed by atoms with Crippen molar-refractivity contribution in [2.75, 3.05) is 4.90 Å². The van der Waals surface area contributed by atoms with E-state index < -0.39 is 6.16 Å². The summed E-state index contributed by atoms with van der Waals surface area (Å²) in [6.45, 7) is 6.05. The first kappa shape index (κ1) is 26.0. The first-order valence-corrected chi connectivity index (χ1v) is 13.4. The summed E-state index contributed by atoms with van der Waals surface area (Å²) in [6.07, 6.45) is 14.8. The first-order valence-electron chi connectivity index (χ1n) is 13.4. The molecule has 0 radical (unpaired) electrons. The molecule has 0 aliphatic heterocycles. The topological polar surface area (TPSA) is 84.7 Å². The minimum Gasteiger partial charge on any atom is -0.449 e. The predicted molar refractivity (Wildman–Crippen MR) is 142 cm³/mol. The molecule has 4 rings (SSSR count). The second-order valence-corrected chi connectivity index (χ2v) is 10.7. The van der Waals surface area contributed by atoms with E-state index in [1.807, 2.05) is 38.1 Å². The molecular formula is C29H39N3O4. The van der Waals surface area contributed by atoms with E-state index in [1.165, 1.54) is 32.1 Å². The SMILES string of the molecule is CC1CCC(C(=O)N(c2nn(-c3ccc(/C=C/C4CCCCC4)cc3)cc2OC(=O)O)C(C)C)CC1. The lowest BCUT2D eigenvalue weighted by Crippen LogP contribution is -2.42. The van der Waals surface area contributed by atoms with E-state index in [0.29, 0.717) is 11.8 Å². The molecule has 7 nitrogen and oxygen atoms in total. The van der Waals surface area contributed by atoms with Crippen LogP contribution in [0.4, 0.5) is 10.6 Å². The average molecular weight is 494 g/mol. The number of nitrogens with zero attached hydrogens (tertiary/aromatic N) is 3. The van der Waals surface area contributed by atoms with Gasteiger partial charge in [0.2, 0.25) is 11.7 Å². The maximum Gasteiger partial charge on any atom is 0.511 e. The Morgan fingerprint density at radius 2 is 1.72 bits per heavy atom. The minimum absolute atomic E-state index is 0.0133. The molecule has 1 aromatic carbocycles. The van der Waals surface area contributed by atoms with Gasteiger partial charge in [0.05, 0.1) is 11.9 Å². The number of hydrogen-bond acceptors (Lipinski definition) is 4. The van der Waals surface area contributed by atoms with Crippen molar-refractivity contribution in [1.29, 1.82) is 0 Å². The zero-order valence-electron chi connectivity index (χ0n) is 21.7. The molecule has 2 saturated carbocycles. The van der Waals surface area contributed by atoms with Crippen LogP contribution in [0.5, 0.6) is 5.75 Å². The van der Waals surface area contributed by atoms with E-state index in [1.54, 1.807) is 15.8 Å². The van der Waals surface area contributed by atoms with Crippen LogP contribution >= 0.6 is 0 Å². The van der Waals surface area contributed by atoms with Crippen LogP contribution in [0, 0.1) is 17.8 Å². The fourth-order valence-corrected chi connectivity index (χ4v) is 5.43. The van der Waals surface area contributed by atoms with E-state index in [4.69, 9.17) is 4.74 Å². The van der Waals surface area contributed by atoms with E-state index in [-0.39, 0.29) is 29.4 Å². The number of allylic oxidation sites excluding steroid dienone is 1. The molecule has 1 aromatic heterocycles. The highest BCUT2D eigenvalue weighted by Crippen LogP contribution is 2.35. The van der Waals surface area contributed by atoms with Gasteiger partial charge < -0.3 is 9.84 Å². The van der Waals surface area contributed by atoms with Gasteiger partial charge in [-0.25, -0.2) is 9.48 Å². The smallest absolute Gasteiger partial charge is 0.449 e. The zero-order chi connectivity index (χ0) is 25.7. The molecule has 1 N–H and O–H groups in total. The van der Waals surface area contributed by atoms with Crippen LogP contribution in [0.25, 0.3) is 11.8 Å². The monoisotopic (exact) mass is 493 g/mol. The number of carbonyl (C=O) groups is 2. The van der Waals surface area contributed by atoms with Gasteiger partial charge >= 0.3 is 6.16 Å². The Balaban J connectivity index is 1.58. The molecule has 2 aliphatic carbocycles. The number of aromatic nitrogens is 2. The van der Waals surface area contributed by atoms with Gasteiger partial charge in [0.15, 0.2) is 5.75 Å². The average Bonchev–Trinajstić information content (AvgIpc) is 3.26. The highest BCUT2D eigenvalue weighted by Gasteiger charge is 2.34. The van der Waals surface area contributed by atoms with Crippen LogP contribution in [0.1, 0.15) is 84.1 Å². The lowest BCUT2D eigenvalue weighted by molar-refractivity contribution is -0.124. The Morgan fingerprint density at radius 1 is 1.06 bits per heavy atom. The zero-order valence-corrected chi connectivity index (χ0v) is 21.7. The minimum atomic E-state index is -1.43. The Hall–Kier alpha value is -3.09. The van der Waals surface area contributed by atoms with E-state index in [2.05, 4.69) is 24.2 Å². The number of rotatable bonds is 7. The summed E-state index contributed by atoms with van der Waals surface area (Å²) in [5, 5.41) is 14.0. The van der Waals surface area contributed by atoms with E-state index >= 15 is 0 Å². The van der Waals surface area contributed by atoms with Crippen molar-refractivity contribution in [3.05, 3.63) is 42.1 Å². The van der Waals surface area contributed by atoms with Gasteiger partial charge in [-0.3, -0.25) is 9.69 Å². The Labute approximate surface area is 214 Å². The highest BCUT2D eigenvalue weighted by molar-refractivity contribution is 5.96. The van der Waals surface area contributed by atoms with Crippen molar-refractivity contribution < 1.29 is 19.4 Å². The van der Waals surface area contributed by atoms with Crippen molar-refractivity contribution >= 4 is 24.0 Å². The number of carbonyl (C=O) groups excluding carboxylic acids is 1. The second kappa shape index (κ2) is 11.8. The Kier molecular flexibility index (Phi) is 8.49. The number of benzene rings is 1. The van der Waals surface area contributed by atoms with Crippen molar-refractivity contribution in [3.63, 3.8) is 0 Å². The van der Waals surface area contributed by atoms with Crippen molar-refractivity contribution in [2.45, 2.75) is 84.6 Å². The molecule has 2 aliphatic rings. The van der Waals surface area contributed by atoms with Gasteiger partial charge in [0.1, 0.15) is 0 Å². The quantitative estimate of drug-likeness (QED) is 0.416. The molecule has 0 spiro atoms. The van der Waals surface area contributed by atoms with Gasteiger partial charge in [-0.1, -0.05) is 50.5 Å². The van der Waals surface area contributed by atoms with Gasteiger partial charge in [-0.2, -0.15) is 0 Å². The normalized spacial score (nSPS) is 21.1. The van der Waals surface area contributed by atoms with Crippen LogP contribution < -0.4 is 9.64 Å². The third kappa shape index (κ3) is 6.37. The summed E-state index contributed by atoms with van der Waals surface area (Å²) in [6, 6.07) is 7.77. The fourth-order valence-electron chi connectivity index (χ4n) is 5.43. The number of ether oxygens (including phenoxy) is 1. The number of hydrogen-bond donors (Lipinski definition) is 1. The van der Waals surface area contributed by atoms with Gasteiger partial charge in [-0.15, -0.1) is 5.10 Å². The molecule has 7 heteroatoms. The summed E-state index contributed by atoms with van der Waals surface area (Å²) >= 11 is 0. The van der Waals surface area contributed by atoms with Crippen molar-refractivity contribution in [1.82, 2.24) is 9.78 Å².